The van der Waals surface area contributed by atoms with Crippen LogP contribution in [0, 0.1) is 0 Å². The summed E-state index contributed by atoms with van der Waals surface area (Å²) in [6.45, 7) is 0.843. The van der Waals surface area contributed by atoms with Gasteiger partial charge in [0.25, 0.3) is 5.91 Å². The van der Waals surface area contributed by atoms with Crippen LogP contribution in [-0.2, 0) is 4.79 Å². The fourth-order valence-electron chi connectivity index (χ4n) is 1.70. The topological polar surface area (TPSA) is 50.3 Å². The van der Waals surface area contributed by atoms with Crippen LogP contribution in [0.3, 0.4) is 0 Å². The van der Waals surface area contributed by atoms with E-state index in [1.807, 2.05) is 0 Å². The van der Waals surface area contributed by atoms with Crippen molar-refractivity contribution in [2.24, 2.45) is 0 Å². The molecule has 84 valence electrons. The van der Waals surface area contributed by atoms with Crippen LogP contribution < -0.4 is 0 Å². The van der Waals surface area contributed by atoms with Crippen LogP contribution in [0.25, 0.3) is 0 Å². The van der Waals surface area contributed by atoms with Crippen molar-refractivity contribution in [3.63, 3.8) is 0 Å². The van der Waals surface area contributed by atoms with E-state index in [2.05, 4.69) is 20.9 Å². The van der Waals surface area contributed by atoms with E-state index >= 15 is 0 Å². The van der Waals surface area contributed by atoms with E-state index in [-0.39, 0.29) is 18.2 Å². The largest absolute Gasteiger partial charge is 0.330 e. The van der Waals surface area contributed by atoms with Crippen molar-refractivity contribution in [1.29, 1.82) is 0 Å². The molecule has 1 amide bonds. The van der Waals surface area contributed by atoms with Crippen LogP contribution in [0.4, 0.5) is 0 Å². The fourth-order valence-corrected chi connectivity index (χ4v) is 2.13. The van der Waals surface area contributed by atoms with Gasteiger partial charge in [0.15, 0.2) is 5.78 Å². The zero-order valence-corrected chi connectivity index (χ0v) is 10.2. The lowest BCUT2D eigenvalue weighted by molar-refractivity contribution is -0.121. The third-order valence-electron chi connectivity index (χ3n) is 2.50. The molecular formula is C11H11BrN2O2. The molecule has 2 rings (SSSR count). The minimum atomic E-state index is -0.180. The Bertz CT molecular complexity index is 434. The molecule has 4 nitrogen and oxygen atoms in total. The lowest BCUT2D eigenvalue weighted by Gasteiger charge is -2.25. The number of pyridine rings is 1. The molecule has 1 aromatic rings. The van der Waals surface area contributed by atoms with Crippen molar-refractivity contribution in [2.45, 2.75) is 12.8 Å². The molecule has 1 aromatic heterocycles. The molecule has 0 atom stereocenters. The van der Waals surface area contributed by atoms with Gasteiger partial charge in [-0.15, -0.1) is 0 Å². The van der Waals surface area contributed by atoms with Gasteiger partial charge in [0.1, 0.15) is 5.69 Å². The summed E-state index contributed by atoms with van der Waals surface area (Å²) in [6, 6.07) is 3.52. The minimum absolute atomic E-state index is 0.117. The minimum Gasteiger partial charge on any atom is -0.330 e. The molecule has 0 saturated carbocycles. The van der Waals surface area contributed by atoms with E-state index in [9.17, 15) is 9.59 Å². The summed E-state index contributed by atoms with van der Waals surface area (Å²) in [5, 5.41) is 0. The number of rotatable bonds is 1. The number of hydrogen-bond acceptors (Lipinski definition) is 3. The van der Waals surface area contributed by atoms with E-state index in [0.29, 0.717) is 23.1 Å². The molecule has 2 heterocycles. The molecule has 0 unspecified atom stereocenters. The molecule has 0 bridgehead atoms. The maximum atomic E-state index is 12.0. The summed E-state index contributed by atoms with van der Waals surface area (Å²) < 4.78 is 0.665. The average Bonchev–Trinajstić information content (AvgIpc) is 2.29. The fraction of sp³-hybridized carbons (Fsp3) is 0.364. The molecule has 1 saturated heterocycles. The molecule has 16 heavy (non-hydrogen) atoms. The van der Waals surface area contributed by atoms with Crippen LogP contribution in [0.2, 0.25) is 0 Å². The molecule has 0 aromatic carbocycles. The zero-order chi connectivity index (χ0) is 11.5. The molecule has 5 heteroatoms. The van der Waals surface area contributed by atoms with Gasteiger partial charge in [-0.05, 0) is 34.5 Å². The quantitative estimate of drug-likeness (QED) is 0.787. The first-order valence-electron chi connectivity index (χ1n) is 5.10. The van der Waals surface area contributed by atoms with Gasteiger partial charge >= 0.3 is 0 Å². The van der Waals surface area contributed by atoms with Crippen molar-refractivity contribution in [2.75, 3.05) is 13.1 Å². The number of amides is 1. The normalized spacial score (nSPS) is 16.3. The number of Topliss-reactive ketones (excluding diaryl/α,β-unsaturated/α-hetero) is 1. The third-order valence-corrected chi connectivity index (χ3v) is 3.14. The van der Waals surface area contributed by atoms with E-state index < -0.39 is 0 Å². The van der Waals surface area contributed by atoms with Gasteiger partial charge in [0, 0.05) is 23.6 Å². The van der Waals surface area contributed by atoms with Crippen molar-refractivity contribution in [3.8, 4) is 0 Å². The van der Waals surface area contributed by atoms with E-state index in [1.165, 1.54) is 0 Å². The van der Waals surface area contributed by atoms with Gasteiger partial charge in [0.2, 0.25) is 0 Å². The average molecular weight is 283 g/mol. The Morgan fingerprint density at radius 1 is 1.50 bits per heavy atom. The Balaban J connectivity index is 2.19. The highest BCUT2D eigenvalue weighted by atomic mass is 79.9. The van der Waals surface area contributed by atoms with E-state index in [4.69, 9.17) is 0 Å². The Morgan fingerprint density at radius 2 is 2.31 bits per heavy atom. The summed E-state index contributed by atoms with van der Waals surface area (Å²) in [5.74, 6) is -0.0628. The van der Waals surface area contributed by atoms with Gasteiger partial charge < -0.3 is 4.90 Å². The van der Waals surface area contributed by atoms with Crippen molar-refractivity contribution >= 4 is 27.6 Å². The van der Waals surface area contributed by atoms with Gasteiger partial charge in [-0.1, -0.05) is 0 Å². The monoisotopic (exact) mass is 282 g/mol. The van der Waals surface area contributed by atoms with Crippen LogP contribution in [0.15, 0.2) is 22.8 Å². The van der Waals surface area contributed by atoms with Gasteiger partial charge in [-0.3, -0.25) is 9.59 Å². The maximum absolute atomic E-state index is 12.0. The number of ketones is 1. The molecule has 1 aliphatic rings. The Morgan fingerprint density at radius 3 is 3.00 bits per heavy atom. The molecule has 0 N–H and O–H groups in total. The Labute approximate surface area is 102 Å². The number of nitrogens with zero attached hydrogens (tertiary/aromatic N) is 2. The number of carbonyl (C=O) groups is 2. The summed E-state index contributed by atoms with van der Waals surface area (Å²) in [5.41, 5.74) is 0.372. The number of halogens is 1. The lowest BCUT2D eigenvalue weighted by atomic mass is 10.1. The predicted octanol–water partition coefficient (Wildman–Crippen LogP) is 1.65. The van der Waals surface area contributed by atoms with Gasteiger partial charge in [-0.2, -0.15) is 0 Å². The van der Waals surface area contributed by atoms with Gasteiger partial charge in [-0.25, -0.2) is 4.98 Å². The molecule has 0 radical (unpaired) electrons. The summed E-state index contributed by atoms with van der Waals surface area (Å²) in [6.07, 6.45) is 2.89. The lowest BCUT2D eigenvalue weighted by Crippen LogP contribution is -2.40. The first kappa shape index (κ1) is 11.3. The number of piperidine rings is 1. The van der Waals surface area contributed by atoms with Crippen LogP contribution in [-0.4, -0.2) is 34.7 Å². The first-order chi connectivity index (χ1) is 7.68. The van der Waals surface area contributed by atoms with Crippen LogP contribution >= 0.6 is 15.9 Å². The third kappa shape index (κ3) is 2.29. The van der Waals surface area contributed by atoms with E-state index in [1.54, 1.807) is 23.2 Å². The maximum Gasteiger partial charge on any atom is 0.274 e. The second-order valence-corrected chi connectivity index (χ2v) is 4.56. The standard InChI is InChI=1S/C11H11BrN2O2/c12-9-4-1-5-13-10(9)11(16)14-6-2-3-8(15)7-14/h1,4-5H,2-3,6-7H2. The SMILES string of the molecule is O=C1CCCN(C(=O)c2ncccc2Br)C1. The van der Waals surface area contributed by atoms with Crippen molar-refractivity contribution in [1.82, 2.24) is 9.88 Å². The highest BCUT2D eigenvalue weighted by Gasteiger charge is 2.24. The summed E-state index contributed by atoms with van der Waals surface area (Å²) >= 11 is 3.28. The number of carbonyl (C=O) groups excluding carboxylic acids is 2. The molecule has 0 spiro atoms. The van der Waals surface area contributed by atoms with Crippen LogP contribution in [0.5, 0.6) is 0 Å². The molecule has 1 fully saturated rings. The highest BCUT2D eigenvalue weighted by Crippen LogP contribution is 2.17. The van der Waals surface area contributed by atoms with Crippen LogP contribution in [0.1, 0.15) is 23.3 Å². The molecular weight excluding hydrogens is 272 g/mol. The summed E-state index contributed by atoms with van der Waals surface area (Å²) in [7, 11) is 0. The number of aromatic nitrogens is 1. The smallest absolute Gasteiger partial charge is 0.274 e. The number of hydrogen-bond donors (Lipinski definition) is 0. The first-order valence-corrected chi connectivity index (χ1v) is 5.89. The predicted molar refractivity (Wildman–Crippen MR) is 62.1 cm³/mol. The zero-order valence-electron chi connectivity index (χ0n) is 8.65. The molecule has 0 aliphatic carbocycles. The molecule has 1 aliphatic heterocycles. The number of likely N-dealkylation sites (tertiary alicyclic amines) is 1. The highest BCUT2D eigenvalue weighted by molar-refractivity contribution is 9.10. The Kier molecular flexibility index (Phi) is 3.33. The summed E-state index contributed by atoms with van der Waals surface area (Å²) in [4.78, 5) is 28.9. The second kappa shape index (κ2) is 4.74. The Hall–Kier alpha value is -1.23. The van der Waals surface area contributed by atoms with Crippen molar-refractivity contribution < 1.29 is 9.59 Å². The van der Waals surface area contributed by atoms with E-state index in [0.717, 1.165) is 6.42 Å². The van der Waals surface area contributed by atoms with Crippen molar-refractivity contribution in [3.05, 3.63) is 28.5 Å². The van der Waals surface area contributed by atoms with Gasteiger partial charge in [0.05, 0.1) is 6.54 Å². The second-order valence-electron chi connectivity index (χ2n) is 3.70.